The van der Waals surface area contributed by atoms with Gasteiger partial charge in [0, 0.05) is 6.54 Å². The molecular weight excluding hydrogens is 296 g/mol. The van der Waals surface area contributed by atoms with Crippen LogP contribution in [0.5, 0.6) is 0 Å². The van der Waals surface area contributed by atoms with E-state index in [1.54, 1.807) is 0 Å². The van der Waals surface area contributed by atoms with Gasteiger partial charge in [0.25, 0.3) is 0 Å². The Bertz CT molecular complexity index is 569. The molecule has 6 nitrogen and oxygen atoms in total. The van der Waals surface area contributed by atoms with Crippen LogP contribution in [-0.4, -0.2) is 47.7 Å². The van der Waals surface area contributed by atoms with E-state index in [2.05, 4.69) is 5.32 Å². The molecule has 1 aromatic rings. The van der Waals surface area contributed by atoms with Gasteiger partial charge in [-0.2, -0.15) is 0 Å². The first-order valence-corrected chi connectivity index (χ1v) is 8.01. The SMILES string of the molecule is O=C(O)[C@@H]1CC2(CCNCC2)CN1C(=O)OCc1ccccc1. The van der Waals surface area contributed by atoms with Crippen LogP contribution in [0.1, 0.15) is 24.8 Å². The molecule has 23 heavy (non-hydrogen) atoms. The number of hydrogen-bond donors (Lipinski definition) is 2. The van der Waals surface area contributed by atoms with E-state index in [0.29, 0.717) is 13.0 Å². The molecule has 1 amide bonds. The molecule has 2 N–H and O–H groups in total. The molecule has 1 aromatic carbocycles. The van der Waals surface area contributed by atoms with Gasteiger partial charge in [-0.15, -0.1) is 0 Å². The van der Waals surface area contributed by atoms with E-state index in [0.717, 1.165) is 31.5 Å². The fourth-order valence-electron chi connectivity index (χ4n) is 3.59. The number of ether oxygens (including phenoxy) is 1. The molecule has 2 aliphatic rings. The largest absolute Gasteiger partial charge is 0.480 e. The second kappa shape index (κ2) is 6.58. The van der Waals surface area contributed by atoms with Gasteiger partial charge in [-0.05, 0) is 43.3 Å². The maximum atomic E-state index is 12.4. The Hall–Kier alpha value is -2.08. The van der Waals surface area contributed by atoms with E-state index in [1.807, 2.05) is 30.3 Å². The number of carboxylic acids is 1. The highest BCUT2D eigenvalue weighted by molar-refractivity contribution is 5.81. The molecule has 2 fully saturated rings. The minimum atomic E-state index is -0.947. The van der Waals surface area contributed by atoms with Gasteiger partial charge in [0.15, 0.2) is 0 Å². The Morgan fingerprint density at radius 3 is 2.61 bits per heavy atom. The standard InChI is InChI=1S/C17H22N2O4/c20-15(21)14-10-17(6-8-18-9-7-17)12-19(14)16(22)23-11-13-4-2-1-3-5-13/h1-5,14,18H,6-12H2,(H,20,21)/t14-/m0/s1. The molecule has 0 saturated carbocycles. The maximum absolute atomic E-state index is 12.4. The van der Waals surface area contributed by atoms with Gasteiger partial charge < -0.3 is 15.2 Å². The molecule has 2 saturated heterocycles. The predicted octanol–water partition coefficient (Wildman–Crippen LogP) is 1.85. The van der Waals surface area contributed by atoms with Crippen molar-refractivity contribution in [2.75, 3.05) is 19.6 Å². The monoisotopic (exact) mass is 318 g/mol. The summed E-state index contributed by atoms with van der Waals surface area (Å²) in [5, 5.41) is 12.8. The number of carbonyl (C=O) groups is 2. The zero-order valence-electron chi connectivity index (χ0n) is 13.0. The van der Waals surface area contributed by atoms with Crippen LogP contribution in [0.25, 0.3) is 0 Å². The fourth-order valence-corrected chi connectivity index (χ4v) is 3.59. The van der Waals surface area contributed by atoms with E-state index < -0.39 is 18.1 Å². The molecule has 124 valence electrons. The molecule has 0 aromatic heterocycles. The number of carboxylic acid groups (broad SMARTS) is 1. The highest BCUT2D eigenvalue weighted by atomic mass is 16.6. The van der Waals surface area contributed by atoms with Crippen LogP contribution < -0.4 is 5.32 Å². The fraction of sp³-hybridized carbons (Fsp3) is 0.529. The van der Waals surface area contributed by atoms with Crippen molar-refractivity contribution in [3.05, 3.63) is 35.9 Å². The minimum Gasteiger partial charge on any atom is -0.480 e. The van der Waals surface area contributed by atoms with Gasteiger partial charge in [-0.3, -0.25) is 4.90 Å². The van der Waals surface area contributed by atoms with E-state index in [1.165, 1.54) is 4.90 Å². The number of hydrogen-bond acceptors (Lipinski definition) is 4. The number of piperidine rings is 1. The second-order valence-electron chi connectivity index (χ2n) is 6.48. The lowest BCUT2D eigenvalue weighted by Gasteiger charge is -2.33. The zero-order chi connectivity index (χ0) is 16.3. The average molecular weight is 318 g/mol. The highest BCUT2D eigenvalue weighted by Gasteiger charge is 2.49. The van der Waals surface area contributed by atoms with Crippen LogP contribution in [0.4, 0.5) is 4.79 Å². The van der Waals surface area contributed by atoms with Crippen LogP contribution in [-0.2, 0) is 16.1 Å². The van der Waals surface area contributed by atoms with Crippen LogP contribution in [0.2, 0.25) is 0 Å². The summed E-state index contributed by atoms with van der Waals surface area (Å²) in [7, 11) is 0. The molecule has 0 radical (unpaired) electrons. The van der Waals surface area contributed by atoms with Crippen LogP contribution in [0, 0.1) is 5.41 Å². The molecule has 2 heterocycles. The van der Waals surface area contributed by atoms with E-state index in [4.69, 9.17) is 4.74 Å². The third kappa shape index (κ3) is 3.47. The number of nitrogens with one attached hydrogen (secondary N) is 1. The van der Waals surface area contributed by atoms with Crippen LogP contribution >= 0.6 is 0 Å². The lowest BCUT2D eigenvalue weighted by Crippen LogP contribution is -2.42. The zero-order valence-corrected chi connectivity index (χ0v) is 13.0. The first-order chi connectivity index (χ1) is 11.1. The third-order valence-corrected chi connectivity index (χ3v) is 4.90. The van der Waals surface area contributed by atoms with Gasteiger partial charge >= 0.3 is 12.1 Å². The number of amides is 1. The summed E-state index contributed by atoms with van der Waals surface area (Å²) in [6, 6.07) is 8.62. The van der Waals surface area contributed by atoms with Gasteiger partial charge in [0.1, 0.15) is 12.6 Å². The van der Waals surface area contributed by atoms with Crippen molar-refractivity contribution >= 4 is 12.1 Å². The van der Waals surface area contributed by atoms with Crippen molar-refractivity contribution in [1.29, 1.82) is 0 Å². The lowest BCUT2D eigenvalue weighted by atomic mass is 9.77. The number of carbonyl (C=O) groups excluding carboxylic acids is 1. The molecule has 2 aliphatic heterocycles. The minimum absolute atomic E-state index is 0.0833. The second-order valence-corrected chi connectivity index (χ2v) is 6.48. The Morgan fingerprint density at radius 1 is 1.26 bits per heavy atom. The van der Waals surface area contributed by atoms with Gasteiger partial charge in [0.2, 0.25) is 0 Å². The molecule has 1 spiro atoms. The number of aliphatic carboxylic acids is 1. The Morgan fingerprint density at radius 2 is 1.96 bits per heavy atom. The normalized spacial score (nSPS) is 23.0. The summed E-state index contributed by atoms with van der Waals surface area (Å²) >= 11 is 0. The van der Waals surface area contributed by atoms with Crippen molar-refractivity contribution in [1.82, 2.24) is 10.2 Å². The average Bonchev–Trinajstić information content (AvgIpc) is 2.94. The number of nitrogens with zero attached hydrogens (tertiary/aromatic N) is 1. The Kier molecular flexibility index (Phi) is 4.52. The summed E-state index contributed by atoms with van der Waals surface area (Å²) in [6.45, 7) is 2.38. The quantitative estimate of drug-likeness (QED) is 0.889. The van der Waals surface area contributed by atoms with Crippen molar-refractivity contribution in [2.45, 2.75) is 31.9 Å². The predicted molar refractivity (Wildman–Crippen MR) is 83.9 cm³/mol. The topological polar surface area (TPSA) is 78.9 Å². The van der Waals surface area contributed by atoms with Gasteiger partial charge in [0.05, 0.1) is 0 Å². The molecule has 0 bridgehead atoms. The number of benzene rings is 1. The molecule has 0 unspecified atom stereocenters. The Balaban J connectivity index is 1.66. The van der Waals surface area contributed by atoms with Crippen molar-refractivity contribution < 1.29 is 19.4 Å². The first kappa shape index (κ1) is 15.8. The smallest absolute Gasteiger partial charge is 0.410 e. The third-order valence-electron chi connectivity index (χ3n) is 4.90. The van der Waals surface area contributed by atoms with Gasteiger partial charge in [-0.1, -0.05) is 30.3 Å². The van der Waals surface area contributed by atoms with Crippen molar-refractivity contribution in [3.8, 4) is 0 Å². The number of likely N-dealkylation sites (tertiary alicyclic amines) is 1. The summed E-state index contributed by atoms with van der Waals surface area (Å²) in [4.78, 5) is 25.3. The van der Waals surface area contributed by atoms with Crippen molar-refractivity contribution in [2.24, 2.45) is 5.41 Å². The molecule has 1 atom stereocenters. The molecule has 3 rings (SSSR count). The van der Waals surface area contributed by atoms with Crippen LogP contribution in [0.15, 0.2) is 30.3 Å². The Labute approximate surface area is 135 Å². The maximum Gasteiger partial charge on any atom is 0.410 e. The number of rotatable bonds is 3. The van der Waals surface area contributed by atoms with E-state index >= 15 is 0 Å². The van der Waals surface area contributed by atoms with E-state index in [-0.39, 0.29) is 12.0 Å². The van der Waals surface area contributed by atoms with Gasteiger partial charge in [-0.25, -0.2) is 9.59 Å². The highest BCUT2D eigenvalue weighted by Crippen LogP contribution is 2.42. The van der Waals surface area contributed by atoms with Crippen molar-refractivity contribution in [3.63, 3.8) is 0 Å². The first-order valence-electron chi connectivity index (χ1n) is 8.01. The van der Waals surface area contributed by atoms with Crippen LogP contribution in [0.3, 0.4) is 0 Å². The summed E-state index contributed by atoms with van der Waals surface area (Å²) in [5.41, 5.74) is 0.809. The summed E-state index contributed by atoms with van der Waals surface area (Å²) in [5.74, 6) is -0.947. The molecular formula is C17H22N2O4. The lowest BCUT2D eigenvalue weighted by molar-refractivity contribution is -0.141. The summed E-state index contributed by atoms with van der Waals surface area (Å²) < 4.78 is 5.33. The molecule has 6 heteroatoms. The summed E-state index contributed by atoms with van der Waals surface area (Å²) in [6.07, 6.45) is 1.79. The molecule has 0 aliphatic carbocycles. The van der Waals surface area contributed by atoms with E-state index in [9.17, 15) is 14.7 Å².